The molecule has 2 heterocycles. The number of alkyl halides is 6. The highest BCUT2D eigenvalue weighted by molar-refractivity contribution is 6.35. The molecule has 0 bridgehead atoms. The van der Waals surface area contributed by atoms with Crippen LogP contribution in [0.4, 0.5) is 26.3 Å². The van der Waals surface area contributed by atoms with Crippen molar-refractivity contribution in [2.75, 3.05) is 13.2 Å². The van der Waals surface area contributed by atoms with Crippen LogP contribution in [-0.2, 0) is 25.4 Å². The Bertz CT molecular complexity index is 2290. The van der Waals surface area contributed by atoms with Gasteiger partial charge in [-0.2, -0.15) is 26.3 Å². The highest BCUT2D eigenvalue weighted by Crippen LogP contribution is 2.51. The molecule has 2 unspecified atom stereocenters. The van der Waals surface area contributed by atoms with E-state index in [-0.39, 0.29) is 50.0 Å². The van der Waals surface area contributed by atoms with Crippen molar-refractivity contribution in [1.82, 2.24) is 0 Å². The van der Waals surface area contributed by atoms with Crippen LogP contribution in [0.15, 0.2) is 84.9 Å². The largest absolute Gasteiger partial charge is 0.478 e. The van der Waals surface area contributed by atoms with E-state index >= 15 is 0 Å². The zero-order chi connectivity index (χ0) is 43.2. The summed E-state index contributed by atoms with van der Waals surface area (Å²) in [6, 6.07) is 16.5. The van der Waals surface area contributed by atoms with Gasteiger partial charge < -0.3 is 19.3 Å². The molecular formula is C42H34Cl4F6O6. The number of carbonyl (C=O) groups excluding carboxylic acids is 1. The number of halogens is 10. The van der Waals surface area contributed by atoms with Crippen LogP contribution in [0.25, 0.3) is 11.1 Å². The summed E-state index contributed by atoms with van der Waals surface area (Å²) < 4.78 is 100. The van der Waals surface area contributed by atoms with Gasteiger partial charge in [-0.3, -0.25) is 0 Å². The minimum Gasteiger partial charge on any atom is -0.478 e. The van der Waals surface area contributed by atoms with Crippen molar-refractivity contribution in [3.8, 4) is 0 Å². The Labute approximate surface area is 349 Å². The lowest BCUT2D eigenvalue weighted by atomic mass is 9.90. The van der Waals surface area contributed by atoms with Gasteiger partial charge in [-0.25, -0.2) is 9.59 Å². The van der Waals surface area contributed by atoms with E-state index in [0.717, 1.165) is 12.2 Å². The summed E-state index contributed by atoms with van der Waals surface area (Å²) in [6.45, 7) is 7.99. The number of aryl methyl sites for hydroxylation is 2. The van der Waals surface area contributed by atoms with Gasteiger partial charge in [-0.1, -0.05) is 70.7 Å². The second-order valence-electron chi connectivity index (χ2n) is 14.6. The molecule has 2 aliphatic heterocycles. The Hall–Kier alpha value is -4.04. The number of hydrogen-bond acceptors (Lipinski definition) is 5. The van der Waals surface area contributed by atoms with Crippen LogP contribution < -0.4 is 0 Å². The maximum Gasteiger partial charge on any atom is 0.425 e. The van der Waals surface area contributed by atoms with Gasteiger partial charge in [0.05, 0.1) is 24.3 Å². The Morgan fingerprint density at radius 2 is 0.983 bits per heavy atom. The van der Waals surface area contributed by atoms with Gasteiger partial charge >= 0.3 is 24.3 Å². The van der Waals surface area contributed by atoms with Crippen LogP contribution in [0.1, 0.15) is 74.9 Å². The fourth-order valence-electron chi connectivity index (χ4n) is 6.43. The van der Waals surface area contributed by atoms with Crippen molar-refractivity contribution >= 4 is 69.5 Å². The van der Waals surface area contributed by atoms with E-state index in [9.17, 15) is 35.9 Å². The van der Waals surface area contributed by atoms with E-state index in [1.54, 1.807) is 52.8 Å². The van der Waals surface area contributed by atoms with Crippen molar-refractivity contribution < 1.29 is 55.2 Å². The predicted molar refractivity (Wildman–Crippen MR) is 211 cm³/mol. The molecule has 4 aromatic rings. The SMILES string of the molecule is Cc1cc(C2=CC(c3cc(Cl)cc(Cl)c3)(C(F)(F)F)OC2)ccc1C(=O)O.Cc1cc(C2=CC(c3cc(Cl)cc(Cl)c3)(C(F)(F)F)OC2)ccc1C(=O)OC(C)(C)C. The second-order valence-corrected chi connectivity index (χ2v) is 16.3. The lowest BCUT2D eigenvalue weighted by Gasteiger charge is -2.30. The summed E-state index contributed by atoms with van der Waals surface area (Å²) in [4.78, 5) is 23.5. The van der Waals surface area contributed by atoms with E-state index in [1.807, 2.05) is 0 Å². The van der Waals surface area contributed by atoms with Crippen molar-refractivity contribution in [2.24, 2.45) is 0 Å². The molecule has 1 N–H and O–H groups in total. The zero-order valence-corrected chi connectivity index (χ0v) is 34.3. The first-order valence-electron chi connectivity index (χ1n) is 17.2. The number of benzene rings is 4. The third-order valence-electron chi connectivity index (χ3n) is 9.13. The average Bonchev–Trinajstić information content (AvgIpc) is 3.75. The van der Waals surface area contributed by atoms with Gasteiger partial charge in [0.25, 0.3) is 0 Å². The second kappa shape index (κ2) is 16.5. The monoisotopic (exact) mass is 888 g/mol. The minimum absolute atomic E-state index is 0.0632. The third kappa shape index (κ3) is 9.54. The zero-order valence-electron chi connectivity index (χ0n) is 31.3. The fraction of sp³-hybridized carbons (Fsp3) is 0.286. The number of aromatic carboxylic acids is 1. The number of carbonyl (C=O) groups is 2. The van der Waals surface area contributed by atoms with Crippen LogP contribution in [-0.4, -0.2) is 48.2 Å². The summed E-state index contributed by atoms with van der Waals surface area (Å²) >= 11 is 23.6. The molecule has 2 atom stereocenters. The first kappa shape index (κ1) is 45.1. The highest BCUT2D eigenvalue weighted by Gasteiger charge is 2.59. The van der Waals surface area contributed by atoms with Gasteiger partial charge in [0.1, 0.15) is 5.60 Å². The molecule has 0 amide bonds. The highest BCUT2D eigenvalue weighted by atomic mass is 35.5. The van der Waals surface area contributed by atoms with Gasteiger partial charge in [0.15, 0.2) is 0 Å². The van der Waals surface area contributed by atoms with E-state index in [4.69, 9.17) is 65.7 Å². The Kier molecular flexibility index (Phi) is 12.9. The maximum atomic E-state index is 14.1. The lowest BCUT2D eigenvalue weighted by molar-refractivity contribution is -0.254. The predicted octanol–water partition coefficient (Wildman–Crippen LogP) is 13.0. The van der Waals surface area contributed by atoms with Crippen molar-refractivity contribution in [2.45, 2.75) is 63.8 Å². The summed E-state index contributed by atoms with van der Waals surface area (Å²) in [5.74, 6) is -1.60. The van der Waals surface area contributed by atoms with Gasteiger partial charge in [-0.15, -0.1) is 0 Å². The molecule has 0 saturated carbocycles. The van der Waals surface area contributed by atoms with E-state index in [2.05, 4.69) is 0 Å². The number of carboxylic acid groups (broad SMARTS) is 1. The minimum atomic E-state index is -4.75. The summed E-state index contributed by atoms with van der Waals surface area (Å²) in [5, 5.41) is 9.38. The molecule has 6 rings (SSSR count). The Morgan fingerprint density at radius 3 is 1.29 bits per heavy atom. The fourth-order valence-corrected chi connectivity index (χ4v) is 7.48. The summed E-state index contributed by atoms with van der Waals surface area (Å²) in [5.41, 5.74) is -3.37. The van der Waals surface area contributed by atoms with Crippen molar-refractivity contribution in [3.63, 3.8) is 0 Å². The van der Waals surface area contributed by atoms with Gasteiger partial charge in [-0.05, 0) is 140 Å². The normalized spacial score (nSPS) is 19.6. The number of rotatable bonds is 6. The molecule has 2 aliphatic rings. The van der Waals surface area contributed by atoms with Crippen LogP contribution >= 0.6 is 46.4 Å². The molecule has 0 fully saturated rings. The molecule has 308 valence electrons. The molecule has 0 aromatic heterocycles. The third-order valence-corrected chi connectivity index (χ3v) is 10.0. The molecular weight excluding hydrogens is 856 g/mol. The van der Waals surface area contributed by atoms with Gasteiger partial charge in [0, 0.05) is 20.1 Å². The van der Waals surface area contributed by atoms with Gasteiger partial charge in [0.2, 0.25) is 11.2 Å². The van der Waals surface area contributed by atoms with Crippen LogP contribution in [0.2, 0.25) is 20.1 Å². The van der Waals surface area contributed by atoms with E-state index in [1.165, 1.54) is 54.6 Å². The summed E-state index contributed by atoms with van der Waals surface area (Å²) in [7, 11) is 0. The van der Waals surface area contributed by atoms with E-state index in [0.29, 0.717) is 39.0 Å². The number of ether oxygens (including phenoxy) is 3. The van der Waals surface area contributed by atoms with E-state index < -0.39 is 41.1 Å². The topological polar surface area (TPSA) is 82.1 Å². The smallest absolute Gasteiger partial charge is 0.425 e. The number of carboxylic acids is 1. The molecule has 16 heteroatoms. The van der Waals surface area contributed by atoms with Crippen LogP contribution in [0.3, 0.4) is 0 Å². The van der Waals surface area contributed by atoms with Crippen LogP contribution in [0, 0.1) is 13.8 Å². The molecule has 4 aromatic carbocycles. The number of esters is 1. The van der Waals surface area contributed by atoms with Crippen molar-refractivity contribution in [1.29, 1.82) is 0 Å². The quantitative estimate of drug-likeness (QED) is 0.153. The first-order chi connectivity index (χ1) is 26.7. The molecule has 0 spiro atoms. The molecule has 6 nitrogen and oxygen atoms in total. The average molecular weight is 891 g/mol. The lowest BCUT2D eigenvalue weighted by Crippen LogP contribution is -2.41. The van der Waals surface area contributed by atoms with Crippen LogP contribution in [0.5, 0.6) is 0 Å². The molecule has 0 radical (unpaired) electrons. The number of hydrogen-bond donors (Lipinski definition) is 1. The summed E-state index contributed by atoms with van der Waals surface area (Å²) in [6.07, 6.45) is -7.46. The van der Waals surface area contributed by atoms with Crippen molar-refractivity contribution in [3.05, 3.63) is 150 Å². The maximum absolute atomic E-state index is 14.1. The molecule has 0 saturated heterocycles. The molecule has 58 heavy (non-hydrogen) atoms. The first-order valence-corrected chi connectivity index (χ1v) is 18.7. The standard InChI is InChI=1S/C23H21Cl2F3O3.C19H13Cl2F3O3/c1-13-7-14(5-6-19(13)20(29)31-21(2,3)4)15-11-22(30-12-15,23(26,27)28)16-8-17(24)10-18(25)9-16;1-10-4-11(2-3-16(10)17(25)26)12-8-18(27-9-12,19(22,23)24)13-5-14(20)7-15(21)6-13/h5-11H,12H2,1-4H3;2-8H,9H2,1H3,(H,25,26). The Balaban J connectivity index is 0.000000223. The molecule has 0 aliphatic carbocycles. The Morgan fingerprint density at radius 1 is 0.621 bits per heavy atom.